The highest BCUT2D eigenvalue weighted by molar-refractivity contribution is 5.94. The number of methoxy groups -OCH3 is 1. The molecule has 0 radical (unpaired) electrons. The Morgan fingerprint density at radius 1 is 1.39 bits per heavy atom. The number of ether oxygens (including phenoxy) is 1. The highest BCUT2D eigenvalue weighted by atomic mass is 16.5. The zero-order chi connectivity index (χ0) is 20.1. The summed E-state index contributed by atoms with van der Waals surface area (Å²) in [5, 5.41) is 10.2. The van der Waals surface area contributed by atoms with Gasteiger partial charge in [-0.2, -0.15) is 5.10 Å². The summed E-state index contributed by atoms with van der Waals surface area (Å²) in [6.45, 7) is 10.1. The highest BCUT2D eigenvalue weighted by Gasteiger charge is 2.23. The van der Waals surface area contributed by atoms with Gasteiger partial charge in [-0.3, -0.25) is 9.89 Å². The van der Waals surface area contributed by atoms with E-state index in [9.17, 15) is 4.79 Å². The van der Waals surface area contributed by atoms with E-state index >= 15 is 0 Å². The van der Waals surface area contributed by atoms with Gasteiger partial charge in [-0.15, -0.1) is 0 Å². The van der Waals surface area contributed by atoms with E-state index in [4.69, 9.17) is 4.74 Å². The van der Waals surface area contributed by atoms with Gasteiger partial charge in [0.05, 0.1) is 12.8 Å². The Hall–Kier alpha value is -2.34. The first-order chi connectivity index (χ1) is 13.5. The number of carbonyl (C=O) groups is 1. The number of aryl methyl sites for hydroxylation is 2. The Morgan fingerprint density at radius 3 is 2.89 bits per heavy atom. The number of nitrogens with zero attached hydrogens (tertiary/aromatic N) is 2. The Labute approximate surface area is 167 Å². The number of amides is 1. The van der Waals surface area contributed by atoms with Crippen LogP contribution in [0.15, 0.2) is 18.2 Å². The molecular weight excluding hydrogens is 352 g/mol. The van der Waals surface area contributed by atoms with Crippen molar-refractivity contribution in [2.24, 2.45) is 5.92 Å². The number of aromatic amines is 1. The molecule has 1 fully saturated rings. The monoisotopic (exact) mass is 384 g/mol. The molecule has 1 aliphatic rings. The molecule has 2 heterocycles. The van der Waals surface area contributed by atoms with Gasteiger partial charge >= 0.3 is 0 Å². The summed E-state index contributed by atoms with van der Waals surface area (Å²) >= 11 is 0. The SMILES string of the molecule is CCCN1CCC(Cc2cc(C(=O)NCc3c(C)n[nH]c3C)ccc2OC)C1. The average molecular weight is 385 g/mol. The molecule has 6 nitrogen and oxygen atoms in total. The fourth-order valence-corrected chi connectivity index (χ4v) is 4.09. The van der Waals surface area contributed by atoms with Crippen LogP contribution in [0.4, 0.5) is 0 Å². The number of aromatic nitrogens is 2. The largest absolute Gasteiger partial charge is 0.496 e. The maximum absolute atomic E-state index is 12.7. The van der Waals surface area contributed by atoms with Gasteiger partial charge in [0.2, 0.25) is 0 Å². The van der Waals surface area contributed by atoms with E-state index < -0.39 is 0 Å². The third-order valence-corrected chi connectivity index (χ3v) is 5.67. The molecule has 1 aromatic heterocycles. The lowest BCUT2D eigenvalue weighted by atomic mass is 9.96. The van der Waals surface area contributed by atoms with E-state index in [1.165, 1.54) is 25.9 Å². The van der Waals surface area contributed by atoms with Crippen molar-refractivity contribution in [1.82, 2.24) is 20.4 Å². The molecule has 28 heavy (non-hydrogen) atoms. The number of H-pyrrole nitrogens is 1. The molecule has 0 aliphatic carbocycles. The number of nitrogens with one attached hydrogen (secondary N) is 2. The standard InChI is InChI=1S/C22H32N4O2/c1-5-9-26-10-8-17(14-26)11-19-12-18(6-7-21(19)28-4)22(27)23-13-20-15(2)24-25-16(20)3/h6-7,12,17H,5,8-11,13-14H2,1-4H3,(H,23,27)(H,24,25). The van der Waals surface area contributed by atoms with Crippen LogP contribution in [0.5, 0.6) is 5.75 Å². The Morgan fingerprint density at radius 2 is 2.21 bits per heavy atom. The van der Waals surface area contributed by atoms with E-state index in [0.717, 1.165) is 41.2 Å². The molecule has 2 aromatic rings. The molecule has 3 rings (SSSR count). The van der Waals surface area contributed by atoms with E-state index in [0.29, 0.717) is 18.0 Å². The van der Waals surface area contributed by atoms with Crippen LogP contribution in [0.1, 0.15) is 52.6 Å². The molecule has 0 bridgehead atoms. The first-order valence-corrected chi connectivity index (χ1v) is 10.2. The number of rotatable bonds is 8. The second kappa shape index (κ2) is 9.24. The minimum absolute atomic E-state index is 0.0667. The molecular formula is C22H32N4O2. The molecule has 0 saturated carbocycles. The van der Waals surface area contributed by atoms with Crippen molar-refractivity contribution in [2.45, 2.75) is 46.6 Å². The van der Waals surface area contributed by atoms with Crippen LogP contribution in [0, 0.1) is 19.8 Å². The van der Waals surface area contributed by atoms with Gasteiger partial charge in [-0.05, 0) is 75.9 Å². The summed E-state index contributed by atoms with van der Waals surface area (Å²) in [5.74, 6) is 1.42. The van der Waals surface area contributed by atoms with Gasteiger partial charge in [0, 0.05) is 29.9 Å². The molecule has 1 aliphatic heterocycles. The van der Waals surface area contributed by atoms with Gasteiger partial charge in [0.15, 0.2) is 0 Å². The first kappa shape index (κ1) is 20.4. The quantitative estimate of drug-likeness (QED) is 0.733. The molecule has 6 heteroatoms. The van der Waals surface area contributed by atoms with Gasteiger partial charge in [-0.1, -0.05) is 6.92 Å². The number of hydrogen-bond acceptors (Lipinski definition) is 4. The summed E-state index contributed by atoms with van der Waals surface area (Å²) in [6.07, 6.45) is 3.35. The fraction of sp³-hybridized carbons (Fsp3) is 0.545. The summed E-state index contributed by atoms with van der Waals surface area (Å²) in [7, 11) is 1.70. The van der Waals surface area contributed by atoms with Crippen molar-refractivity contribution in [3.63, 3.8) is 0 Å². The summed E-state index contributed by atoms with van der Waals surface area (Å²) in [5.41, 5.74) is 4.76. The van der Waals surface area contributed by atoms with Crippen LogP contribution in [0.2, 0.25) is 0 Å². The second-order valence-corrected chi connectivity index (χ2v) is 7.78. The van der Waals surface area contributed by atoms with Crippen molar-refractivity contribution in [3.8, 4) is 5.75 Å². The van der Waals surface area contributed by atoms with Crippen LogP contribution < -0.4 is 10.1 Å². The van der Waals surface area contributed by atoms with Crippen LogP contribution in [-0.2, 0) is 13.0 Å². The van der Waals surface area contributed by atoms with Crippen molar-refractivity contribution < 1.29 is 9.53 Å². The second-order valence-electron chi connectivity index (χ2n) is 7.78. The lowest BCUT2D eigenvalue weighted by Gasteiger charge is -2.16. The fourth-order valence-electron chi connectivity index (χ4n) is 4.09. The smallest absolute Gasteiger partial charge is 0.251 e. The normalized spacial score (nSPS) is 17.1. The predicted molar refractivity (Wildman–Crippen MR) is 111 cm³/mol. The predicted octanol–water partition coefficient (Wildman–Crippen LogP) is 3.24. The molecule has 1 atom stereocenters. The Bertz CT molecular complexity index is 795. The average Bonchev–Trinajstić information content (AvgIpc) is 3.26. The number of likely N-dealkylation sites (tertiary alicyclic amines) is 1. The lowest BCUT2D eigenvalue weighted by molar-refractivity contribution is 0.0950. The Balaban J connectivity index is 1.67. The summed E-state index contributed by atoms with van der Waals surface area (Å²) < 4.78 is 5.56. The highest BCUT2D eigenvalue weighted by Crippen LogP contribution is 2.27. The van der Waals surface area contributed by atoms with Gasteiger partial charge < -0.3 is 15.0 Å². The van der Waals surface area contributed by atoms with E-state index in [1.807, 2.05) is 32.0 Å². The molecule has 1 saturated heterocycles. The van der Waals surface area contributed by atoms with Crippen LogP contribution in [0.3, 0.4) is 0 Å². The molecule has 1 unspecified atom stereocenters. The molecule has 152 valence electrons. The lowest BCUT2D eigenvalue weighted by Crippen LogP contribution is -2.24. The minimum Gasteiger partial charge on any atom is -0.496 e. The molecule has 2 N–H and O–H groups in total. The van der Waals surface area contributed by atoms with Crippen LogP contribution in [0.25, 0.3) is 0 Å². The topological polar surface area (TPSA) is 70.2 Å². The zero-order valence-electron chi connectivity index (χ0n) is 17.5. The maximum atomic E-state index is 12.7. The van der Waals surface area contributed by atoms with Crippen molar-refractivity contribution in [2.75, 3.05) is 26.7 Å². The van der Waals surface area contributed by atoms with Gasteiger partial charge in [-0.25, -0.2) is 0 Å². The van der Waals surface area contributed by atoms with E-state index in [2.05, 4.69) is 27.3 Å². The Kier molecular flexibility index (Phi) is 6.73. The number of carbonyl (C=O) groups excluding carboxylic acids is 1. The maximum Gasteiger partial charge on any atom is 0.251 e. The summed E-state index contributed by atoms with van der Waals surface area (Å²) in [4.78, 5) is 15.2. The van der Waals surface area contributed by atoms with E-state index in [-0.39, 0.29) is 5.91 Å². The molecule has 1 aromatic carbocycles. The van der Waals surface area contributed by atoms with Gasteiger partial charge in [0.25, 0.3) is 5.91 Å². The van der Waals surface area contributed by atoms with E-state index in [1.54, 1.807) is 7.11 Å². The summed E-state index contributed by atoms with van der Waals surface area (Å²) in [6, 6.07) is 5.74. The van der Waals surface area contributed by atoms with Crippen LogP contribution in [-0.4, -0.2) is 47.7 Å². The zero-order valence-corrected chi connectivity index (χ0v) is 17.5. The number of benzene rings is 1. The van der Waals surface area contributed by atoms with Gasteiger partial charge in [0.1, 0.15) is 5.75 Å². The van der Waals surface area contributed by atoms with Crippen molar-refractivity contribution in [3.05, 3.63) is 46.3 Å². The third-order valence-electron chi connectivity index (χ3n) is 5.67. The molecule has 1 amide bonds. The first-order valence-electron chi connectivity index (χ1n) is 10.2. The molecule has 0 spiro atoms. The van der Waals surface area contributed by atoms with Crippen molar-refractivity contribution in [1.29, 1.82) is 0 Å². The van der Waals surface area contributed by atoms with Crippen LogP contribution >= 0.6 is 0 Å². The third kappa shape index (κ3) is 4.73. The van der Waals surface area contributed by atoms with Crippen molar-refractivity contribution >= 4 is 5.91 Å². The number of hydrogen-bond donors (Lipinski definition) is 2. The minimum atomic E-state index is -0.0667.